The van der Waals surface area contributed by atoms with Crippen LogP contribution in [0.4, 0.5) is 0 Å². The van der Waals surface area contributed by atoms with Gasteiger partial charge in [-0.2, -0.15) is 0 Å². The van der Waals surface area contributed by atoms with E-state index in [0.717, 1.165) is 6.08 Å². The van der Waals surface area contributed by atoms with E-state index >= 15 is 0 Å². The average molecular weight is 128 g/mol. The highest BCUT2D eigenvalue weighted by atomic mass is 16.5. The molecule has 0 fully saturated rings. The molecule has 0 saturated heterocycles. The second kappa shape index (κ2) is 3.83. The van der Waals surface area contributed by atoms with Crippen LogP contribution in [0.25, 0.3) is 0 Å². The van der Waals surface area contributed by atoms with E-state index in [1.807, 2.05) is 0 Å². The van der Waals surface area contributed by atoms with Gasteiger partial charge in [0, 0.05) is 0 Å². The Bertz CT molecular complexity index is 146. The van der Waals surface area contributed by atoms with Gasteiger partial charge >= 0.3 is 5.97 Å². The lowest BCUT2D eigenvalue weighted by atomic mass is 10.4. The lowest BCUT2D eigenvalue weighted by molar-refractivity contribution is -0.149. The largest absolute Gasteiger partial charge is 0.463 e. The number of methoxy groups -OCH3 is 1. The maximum atomic E-state index is 10.4. The van der Waals surface area contributed by atoms with Crippen LogP contribution < -0.4 is 0 Å². The summed E-state index contributed by atoms with van der Waals surface area (Å²) in [6.45, 7) is 1.65. The Kier molecular flexibility index (Phi) is 3.35. The van der Waals surface area contributed by atoms with Crippen molar-refractivity contribution in [2.45, 2.75) is 6.92 Å². The van der Waals surface area contributed by atoms with Crippen molar-refractivity contribution in [1.29, 1.82) is 0 Å². The molecule has 0 radical (unpaired) electrons. The summed E-state index contributed by atoms with van der Waals surface area (Å²) in [4.78, 5) is 20.7. The van der Waals surface area contributed by atoms with E-state index in [0.29, 0.717) is 0 Å². The van der Waals surface area contributed by atoms with Gasteiger partial charge in [-0.1, -0.05) is 6.08 Å². The molecule has 50 valence electrons. The summed E-state index contributed by atoms with van der Waals surface area (Å²) in [6, 6.07) is 0. The Labute approximate surface area is 53.3 Å². The highest BCUT2D eigenvalue weighted by Crippen LogP contribution is 1.79. The first-order chi connectivity index (χ1) is 4.22. The molecule has 0 aromatic heterocycles. The normalized spacial score (nSPS) is 9.56. The Balaban J connectivity index is 3.89. The number of hydrogen-bond acceptors (Lipinski definition) is 3. The zero-order valence-electron chi connectivity index (χ0n) is 5.38. The van der Waals surface area contributed by atoms with Crippen LogP contribution in [0.1, 0.15) is 6.92 Å². The van der Waals surface area contributed by atoms with Crippen molar-refractivity contribution in [2.24, 2.45) is 0 Å². The molecule has 0 aliphatic rings. The Morgan fingerprint density at radius 1 is 1.44 bits per heavy atom. The number of hydrogen-bond donors (Lipinski definition) is 0. The summed E-state index contributed by atoms with van der Waals surface area (Å²) >= 11 is 0. The summed E-state index contributed by atoms with van der Waals surface area (Å²) in [5.74, 6) is -1.45. The summed E-state index contributed by atoms with van der Waals surface area (Å²) in [5, 5.41) is 0. The fourth-order valence-corrected chi connectivity index (χ4v) is 0.320. The highest BCUT2D eigenvalue weighted by molar-refractivity contribution is 6.38. The van der Waals surface area contributed by atoms with Gasteiger partial charge in [0.05, 0.1) is 7.11 Å². The van der Waals surface area contributed by atoms with Crippen LogP contribution >= 0.6 is 0 Å². The van der Waals surface area contributed by atoms with E-state index in [2.05, 4.69) is 4.74 Å². The van der Waals surface area contributed by atoms with Crippen LogP contribution in [0.5, 0.6) is 0 Å². The Morgan fingerprint density at radius 3 is 2.33 bits per heavy atom. The lowest BCUT2D eigenvalue weighted by Gasteiger charge is -1.88. The van der Waals surface area contributed by atoms with Gasteiger partial charge in [-0.15, -0.1) is 0 Å². The van der Waals surface area contributed by atoms with Crippen molar-refractivity contribution < 1.29 is 14.3 Å². The molecule has 0 unspecified atom stereocenters. The van der Waals surface area contributed by atoms with Crippen LogP contribution in [0.3, 0.4) is 0 Å². The van der Waals surface area contributed by atoms with Crippen molar-refractivity contribution in [3.8, 4) is 0 Å². The van der Waals surface area contributed by atoms with E-state index in [1.165, 1.54) is 13.2 Å². The van der Waals surface area contributed by atoms with Crippen LogP contribution in [0.15, 0.2) is 12.2 Å². The highest BCUT2D eigenvalue weighted by Gasteiger charge is 2.07. The van der Waals surface area contributed by atoms with E-state index in [1.54, 1.807) is 6.92 Å². The van der Waals surface area contributed by atoms with Crippen molar-refractivity contribution in [3.63, 3.8) is 0 Å². The predicted octanol–water partition coefficient (Wildman–Crippen LogP) is 0.305. The third-order valence-corrected chi connectivity index (χ3v) is 0.705. The first-order valence-corrected chi connectivity index (χ1v) is 2.47. The SMILES string of the molecule is C/C=C/C(=O)C(=O)OC. The fourth-order valence-electron chi connectivity index (χ4n) is 0.320. The summed E-state index contributed by atoms with van der Waals surface area (Å²) < 4.78 is 4.12. The van der Waals surface area contributed by atoms with Crippen LogP contribution in [-0.2, 0) is 14.3 Å². The number of allylic oxidation sites excluding steroid dienone is 1. The number of carbonyl (C=O) groups is 2. The molecule has 0 aromatic rings. The van der Waals surface area contributed by atoms with E-state index in [-0.39, 0.29) is 0 Å². The van der Waals surface area contributed by atoms with Crippen molar-refractivity contribution >= 4 is 11.8 Å². The molecule has 0 saturated carbocycles. The van der Waals surface area contributed by atoms with Gasteiger partial charge in [0.2, 0.25) is 0 Å². The van der Waals surface area contributed by atoms with Crippen molar-refractivity contribution in [2.75, 3.05) is 7.11 Å². The maximum absolute atomic E-state index is 10.4. The van der Waals surface area contributed by atoms with Gasteiger partial charge < -0.3 is 4.74 Å². The molecular formula is C6H8O3. The third kappa shape index (κ3) is 2.64. The van der Waals surface area contributed by atoms with Gasteiger partial charge in [0.1, 0.15) is 0 Å². The molecule has 0 spiro atoms. The zero-order valence-corrected chi connectivity index (χ0v) is 5.38. The summed E-state index contributed by atoms with van der Waals surface area (Å²) in [7, 11) is 1.17. The van der Waals surface area contributed by atoms with E-state index in [9.17, 15) is 9.59 Å². The predicted molar refractivity (Wildman–Crippen MR) is 31.8 cm³/mol. The minimum absolute atomic E-state index is 0.625. The van der Waals surface area contributed by atoms with Crippen molar-refractivity contribution in [1.82, 2.24) is 0 Å². The molecular weight excluding hydrogens is 120 g/mol. The molecule has 0 rings (SSSR count). The minimum Gasteiger partial charge on any atom is -0.463 e. The molecule has 0 aromatic carbocycles. The molecule has 0 amide bonds. The first kappa shape index (κ1) is 7.88. The first-order valence-electron chi connectivity index (χ1n) is 2.47. The smallest absolute Gasteiger partial charge is 0.378 e. The Morgan fingerprint density at radius 2 is 2.00 bits per heavy atom. The molecule has 3 heteroatoms. The quantitative estimate of drug-likeness (QED) is 0.305. The molecule has 3 nitrogen and oxygen atoms in total. The molecule has 0 bridgehead atoms. The summed E-state index contributed by atoms with van der Waals surface area (Å²) in [6.07, 6.45) is 2.64. The number of carbonyl (C=O) groups excluding carboxylic acids is 2. The van der Waals surface area contributed by atoms with Crippen LogP contribution in [0.2, 0.25) is 0 Å². The van der Waals surface area contributed by atoms with Gasteiger partial charge in [-0.3, -0.25) is 4.79 Å². The van der Waals surface area contributed by atoms with Gasteiger partial charge in [0.25, 0.3) is 5.78 Å². The van der Waals surface area contributed by atoms with Gasteiger partial charge in [-0.25, -0.2) is 4.79 Å². The van der Waals surface area contributed by atoms with Gasteiger partial charge in [-0.05, 0) is 13.0 Å². The minimum atomic E-state index is -0.826. The number of rotatable bonds is 2. The van der Waals surface area contributed by atoms with E-state index < -0.39 is 11.8 Å². The molecule has 9 heavy (non-hydrogen) atoms. The molecule has 0 aliphatic carbocycles. The maximum Gasteiger partial charge on any atom is 0.378 e. The fraction of sp³-hybridized carbons (Fsp3) is 0.333. The third-order valence-electron chi connectivity index (χ3n) is 0.705. The molecule has 0 aliphatic heterocycles. The van der Waals surface area contributed by atoms with Crippen LogP contribution in [0, 0.1) is 0 Å². The number of esters is 1. The summed E-state index contributed by atoms with van der Waals surface area (Å²) in [5.41, 5.74) is 0. The lowest BCUT2D eigenvalue weighted by Crippen LogP contribution is -2.11. The van der Waals surface area contributed by atoms with Crippen LogP contribution in [-0.4, -0.2) is 18.9 Å². The topological polar surface area (TPSA) is 43.4 Å². The second-order valence-corrected chi connectivity index (χ2v) is 1.36. The van der Waals surface area contributed by atoms with Crippen molar-refractivity contribution in [3.05, 3.63) is 12.2 Å². The monoisotopic (exact) mass is 128 g/mol. The molecule has 0 heterocycles. The molecule has 0 N–H and O–H groups in total. The average Bonchev–Trinajstić information content (AvgIpc) is 1.87. The zero-order chi connectivity index (χ0) is 7.28. The van der Waals surface area contributed by atoms with Gasteiger partial charge in [0.15, 0.2) is 0 Å². The standard InChI is InChI=1S/C6H8O3/c1-3-4-5(7)6(8)9-2/h3-4H,1-2H3/b4-3+. The molecule has 0 atom stereocenters. The number of ketones is 1. The second-order valence-electron chi connectivity index (χ2n) is 1.36. The van der Waals surface area contributed by atoms with E-state index in [4.69, 9.17) is 0 Å². The number of ether oxygens (including phenoxy) is 1. The Hall–Kier alpha value is -1.12.